The molecule has 3 aromatic rings. The molecule has 32 heavy (non-hydrogen) atoms. The molecule has 7 heteroatoms. The van der Waals surface area contributed by atoms with Gasteiger partial charge in [-0.2, -0.15) is 0 Å². The van der Waals surface area contributed by atoms with Crippen molar-refractivity contribution < 1.29 is 14.3 Å². The molecule has 164 valence electrons. The molecule has 0 bridgehead atoms. The van der Waals surface area contributed by atoms with E-state index in [2.05, 4.69) is 10.8 Å². The average Bonchev–Trinajstić information content (AvgIpc) is 2.82. The average molecular weight is 431 g/mol. The Morgan fingerprint density at radius 2 is 1.75 bits per heavy atom. The number of hydrazine groups is 1. The Morgan fingerprint density at radius 1 is 1.06 bits per heavy atom. The van der Waals surface area contributed by atoms with Gasteiger partial charge in [0.15, 0.2) is 0 Å². The summed E-state index contributed by atoms with van der Waals surface area (Å²) in [4.78, 5) is 27.2. The summed E-state index contributed by atoms with van der Waals surface area (Å²) in [6, 6.07) is 21.5. The third-order valence-electron chi connectivity index (χ3n) is 5.78. The van der Waals surface area contributed by atoms with E-state index >= 15 is 0 Å². The highest BCUT2D eigenvalue weighted by molar-refractivity contribution is 6.07. The van der Waals surface area contributed by atoms with Gasteiger partial charge in [-0.05, 0) is 34.4 Å². The largest absolute Gasteiger partial charge is 0.464 e. The van der Waals surface area contributed by atoms with Crippen molar-refractivity contribution in [3.63, 3.8) is 0 Å². The van der Waals surface area contributed by atoms with Gasteiger partial charge in [-0.3, -0.25) is 4.79 Å². The summed E-state index contributed by atoms with van der Waals surface area (Å²) in [5.41, 5.74) is 8.59. The zero-order valence-corrected chi connectivity index (χ0v) is 17.9. The Kier molecular flexibility index (Phi) is 6.09. The van der Waals surface area contributed by atoms with Crippen molar-refractivity contribution in [3.05, 3.63) is 95.3 Å². The summed E-state index contributed by atoms with van der Waals surface area (Å²) in [6.07, 6.45) is 1.99. The Balaban J connectivity index is 1.67. The van der Waals surface area contributed by atoms with Crippen molar-refractivity contribution in [2.24, 2.45) is 11.6 Å². The van der Waals surface area contributed by atoms with Crippen LogP contribution in [0.25, 0.3) is 10.8 Å². The maximum Gasteiger partial charge on any atom is 0.355 e. The Bertz CT molecular complexity index is 1190. The molecule has 1 amide bonds. The molecule has 0 saturated carbocycles. The van der Waals surface area contributed by atoms with Crippen molar-refractivity contribution in [1.29, 1.82) is 0 Å². The van der Waals surface area contributed by atoms with E-state index in [1.165, 1.54) is 23.9 Å². The summed E-state index contributed by atoms with van der Waals surface area (Å²) < 4.78 is 4.63. The van der Waals surface area contributed by atoms with Crippen LogP contribution >= 0.6 is 0 Å². The van der Waals surface area contributed by atoms with Crippen LogP contribution < -0.4 is 11.6 Å². The molecule has 3 aromatic carbocycles. The number of fused-ring (bicyclic) bond motifs is 2. The van der Waals surface area contributed by atoms with E-state index < -0.39 is 5.97 Å². The van der Waals surface area contributed by atoms with Crippen LogP contribution in [-0.2, 0) is 22.5 Å². The van der Waals surface area contributed by atoms with Crippen molar-refractivity contribution in [1.82, 2.24) is 9.91 Å². The molecule has 0 aliphatic carbocycles. The second-order valence-electron chi connectivity index (χ2n) is 7.86. The first-order valence-electron chi connectivity index (χ1n) is 10.4. The zero-order valence-electron chi connectivity index (χ0n) is 17.9. The maximum atomic E-state index is 13.7. The summed E-state index contributed by atoms with van der Waals surface area (Å²) in [5, 5.41) is 3.27. The fourth-order valence-electron chi connectivity index (χ4n) is 4.20. The number of amides is 1. The lowest BCUT2D eigenvalue weighted by Crippen LogP contribution is -2.50. The molecule has 0 spiro atoms. The Hall–Kier alpha value is -3.84. The minimum absolute atomic E-state index is 0.0559. The third-order valence-corrected chi connectivity index (χ3v) is 5.78. The van der Waals surface area contributed by atoms with Crippen LogP contribution in [-0.4, -0.2) is 41.5 Å². The highest BCUT2D eigenvalue weighted by Gasteiger charge is 2.31. The third kappa shape index (κ3) is 4.29. The van der Waals surface area contributed by atoms with Crippen LogP contribution in [0.1, 0.15) is 21.5 Å². The molecule has 4 N–H and O–H groups in total. The molecule has 1 unspecified atom stereocenters. The second kappa shape index (κ2) is 9.11. The molecule has 7 nitrogen and oxygen atoms in total. The van der Waals surface area contributed by atoms with Crippen molar-refractivity contribution in [2.45, 2.75) is 19.0 Å². The number of carbonyl (C=O) groups is 2. The predicted octanol–water partition coefficient (Wildman–Crippen LogP) is 2.56. The number of hydrogen-bond donors (Lipinski definition) is 2. The van der Waals surface area contributed by atoms with Gasteiger partial charge in [-0.15, -0.1) is 0 Å². The van der Waals surface area contributed by atoms with Gasteiger partial charge < -0.3 is 20.4 Å². The first-order chi connectivity index (χ1) is 15.5. The van der Waals surface area contributed by atoms with Gasteiger partial charge in [0.1, 0.15) is 5.70 Å². The summed E-state index contributed by atoms with van der Waals surface area (Å²) in [7, 11) is 1.26. The predicted molar refractivity (Wildman–Crippen MR) is 123 cm³/mol. The molecular formula is C25H26N4O3. The van der Waals surface area contributed by atoms with Gasteiger partial charge in [-0.25, -0.2) is 10.6 Å². The lowest BCUT2D eigenvalue weighted by Gasteiger charge is -2.38. The monoisotopic (exact) mass is 430 g/mol. The van der Waals surface area contributed by atoms with Crippen LogP contribution in [0.4, 0.5) is 0 Å². The normalized spacial score (nSPS) is 15.9. The van der Waals surface area contributed by atoms with Gasteiger partial charge >= 0.3 is 5.97 Å². The molecule has 0 saturated heterocycles. The SMILES string of the molecule is COC(=O)/C(N)=C/N(N)CC1Cc2ccccc2CN1C(=O)c1cccc2ccccc12. The molecular weight excluding hydrogens is 404 g/mol. The minimum atomic E-state index is -0.655. The summed E-state index contributed by atoms with van der Waals surface area (Å²) in [6.45, 7) is 0.787. The lowest BCUT2D eigenvalue weighted by atomic mass is 9.92. The summed E-state index contributed by atoms with van der Waals surface area (Å²) in [5.74, 6) is 5.43. The van der Waals surface area contributed by atoms with Crippen molar-refractivity contribution >= 4 is 22.6 Å². The Morgan fingerprint density at radius 3 is 2.53 bits per heavy atom. The van der Waals surface area contributed by atoms with E-state index in [1.807, 2.05) is 65.6 Å². The van der Waals surface area contributed by atoms with Crippen LogP contribution in [0.3, 0.4) is 0 Å². The number of benzene rings is 3. The number of rotatable bonds is 5. The molecule has 0 aromatic heterocycles. The van der Waals surface area contributed by atoms with Gasteiger partial charge in [0, 0.05) is 18.3 Å². The van der Waals surface area contributed by atoms with Crippen LogP contribution in [0.2, 0.25) is 0 Å². The minimum Gasteiger partial charge on any atom is -0.464 e. The first-order valence-corrected chi connectivity index (χ1v) is 10.4. The maximum absolute atomic E-state index is 13.7. The molecule has 1 atom stereocenters. The van der Waals surface area contributed by atoms with Crippen LogP contribution in [0, 0.1) is 0 Å². The Labute approximate surface area is 186 Å². The highest BCUT2D eigenvalue weighted by Crippen LogP contribution is 2.28. The summed E-state index contributed by atoms with van der Waals surface area (Å²) >= 11 is 0. The van der Waals surface area contributed by atoms with Crippen molar-refractivity contribution in [2.75, 3.05) is 13.7 Å². The van der Waals surface area contributed by atoms with E-state index in [0.29, 0.717) is 25.1 Å². The van der Waals surface area contributed by atoms with Gasteiger partial charge in [-0.1, -0.05) is 60.7 Å². The molecule has 1 heterocycles. The number of methoxy groups -OCH3 is 1. The van der Waals surface area contributed by atoms with Crippen LogP contribution in [0.5, 0.6) is 0 Å². The van der Waals surface area contributed by atoms with Gasteiger partial charge in [0.05, 0.1) is 19.7 Å². The number of esters is 1. The van der Waals surface area contributed by atoms with Crippen molar-refractivity contribution in [3.8, 4) is 0 Å². The van der Waals surface area contributed by atoms with Gasteiger partial charge in [0.25, 0.3) is 5.91 Å². The fourth-order valence-corrected chi connectivity index (χ4v) is 4.20. The number of ether oxygens (including phenoxy) is 1. The van der Waals surface area contributed by atoms with Gasteiger partial charge in [0.2, 0.25) is 0 Å². The molecule has 0 fully saturated rings. The fraction of sp³-hybridized carbons (Fsp3) is 0.200. The zero-order chi connectivity index (χ0) is 22.7. The standard InChI is InChI=1S/C25H26N4O3/c1-32-25(31)23(26)16-28(27)15-20-13-18-8-2-3-9-19(18)14-29(20)24(30)22-12-6-10-17-7-4-5-11-21(17)22/h2-12,16,20H,13-15,26-27H2,1H3/b23-16-. The molecule has 1 aliphatic rings. The van der Waals surface area contributed by atoms with E-state index in [0.717, 1.165) is 16.3 Å². The van der Waals surface area contributed by atoms with E-state index in [1.54, 1.807) is 0 Å². The number of hydrogen-bond acceptors (Lipinski definition) is 6. The lowest BCUT2D eigenvalue weighted by molar-refractivity contribution is -0.136. The van der Waals surface area contributed by atoms with E-state index in [-0.39, 0.29) is 17.6 Å². The molecule has 4 rings (SSSR count). The van der Waals surface area contributed by atoms with Crippen LogP contribution in [0.15, 0.2) is 78.6 Å². The highest BCUT2D eigenvalue weighted by atomic mass is 16.5. The molecule has 0 radical (unpaired) electrons. The molecule has 1 aliphatic heterocycles. The first kappa shape index (κ1) is 21.4. The number of nitrogens with two attached hydrogens (primary N) is 2. The topological polar surface area (TPSA) is 102 Å². The smallest absolute Gasteiger partial charge is 0.355 e. The number of nitrogens with zero attached hydrogens (tertiary/aromatic N) is 2. The quantitative estimate of drug-likeness (QED) is 0.279. The second-order valence-corrected chi connectivity index (χ2v) is 7.86. The van der Waals surface area contributed by atoms with E-state index in [9.17, 15) is 9.59 Å². The van der Waals surface area contributed by atoms with E-state index in [4.69, 9.17) is 11.6 Å². The number of carbonyl (C=O) groups excluding carboxylic acids is 2.